The molecule has 0 aliphatic carbocycles. The van der Waals surface area contributed by atoms with Crippen molar-refractivity contribution in [3.8, 4) is 0 Å². The zero-order valence-corrected chi connectivity index (χ0v) is 8.76. The third kappa shape index (κ3) is 4.72. The Morgan fingerprint density at radius 1 is 1.33 bits per heavy atom. The van der Waals surface area contributed by atoms with Crippen LogP contribution in [0.4, 0.5) is 0 Å². The van der Waals surface area contributed by atoms with Crippen molar-refractivity contribution in [2.24, 2.45) is 5.92 Å². The lowest BCUT2D eigenvalue weighted by Crippen LogP contribution is -2.18. The van der Waals surface area contributed by atoms with E-state index in [9.17, 15) is 8.42 Å². The van der Waals surface area contributed by atoms with Crippen LogP contribution in [0.2, 0.25) is 0 Å². The summed E-state index contributed by atoms with van der Waals surface area (Å²) in [5, 5.41) is 9.10. The topological polar surface area (TPSA) is 54.4 Å². The van der Waals surface area contributed by atoms with E-state index in [1.54, 1.807) is 13.8 Å². The molecule has 0 bridgehead atoms. The third-order valence-corrected chi connectivity index (χ3v) is 3.88. The lowest BCUT2D eigenvalue weighted by atomic mass is 10.0. The van der Waals surface area contributed by atoms with Crippen LogP contribution < -0.4 is 0 Å². The average molecular weight is 194 g/mol. The first-order chi connectivity index (χ1) is 5.39. The predicted octanol–water partition coefficient (Wildman–Crippen LogP) is 0.828. The van der Waals surface area contributed by atoms with Gasteiger partial charge in [0, 0.05) is 5.75 Å². The van der Waals surface area contributed by atoms with E-state index in [4.69, 9.17) is 5.11 Å². The Labute approximate surface area is 74.7 Å². The van der Waals surface area contributed by atoms with Crippen molar-refractivity contribution < 1.29 is 13.5 Å². The zero-order chi connectivity index (χ0) is 9.78. The molecule has 0 fully saturated rings. The first kappa shape index (κ1) is 11.9. The second-order valence-corrected chi connectivity index (χ2v) is 5.72. The van der Waals surface area contributed by atoms with Gasteiger partial charge in [-0.05, 0) is 19.3 Å². The van der Waals surface area contributed by atoms with Crippen LogP contribution in [0, 0.1) is 5.92 Å². The van der Waals surface area contributed by atoms with Gasteiger partial charge in [0.15, 0.2) is 0 Å². The van der Waals surface area contributed by atoms with Gasteiger partial charge >= 0.3 is 0 Å². The molecule has 0 saturated heterocycles. The monoisotopic (exact) mass is 194 g/mol. The van der Waals surface area contributed by atoms with Gasteiger partial charge in [-0.15, -0.1) is 0 Å². The van der Waals surface area contributed by atoms with Gasteiger partial charge in [0.2, 0.25) is 0 Å². The smallest absolute Gasteiger partial charge is 0.150 e. The molecule has 0 aromatic carbocycles. The Bertz CT molecular complexity index is 206. The lowest BCUT2D eigenvalue weighted by molar-refractivity contribution is 0.133. The number of hydrogen-bond acceptors (Lipinski definition) is 3. The first-order valence-corrected chi connectivity index (χ1v) is 6.09. The van der Waals surface area contributed by atoms with Crippen molar-refractivity contribution in [3.63, 3.8) is 0 Å². The molecule has 1 N–H and O–H groups in total. The van der Waals surface area contributed by atoms with Crippen molar-refractivity contribution >= 4 is 9.84 Å². The van der Waals surface area contributed by atoms with Crippen molar-refractivity contribution in [2.75, 3.05) is 11.5 Å². The summed E-state index contributed by atoms with van der Waals surface area (Å²) < 4.78 is 22.1. The summed E-state index contributed by atoms with van der Waals surface area (Å²) in [5.41, 5.74) is 0. The summed E-state index contributed by atoms with van der Waals surface area (Å²) in [6.45, 7) is 5.18. The largest absolute Gasteiger partial charge is 0.393 e. The zero-order valence-electron chi connectivity index (χ0n) is 7.95. The van der Waals surface area contributed by atoms with Gasteiger partial charge in [0.25, 0.3) is 0 Å². The van der Waals surface area contributed by atoms with Gasteiger partial charge in [0.1, 0.15) is 9.84 Å². The maximum Gasteiger partial charge on any atom is 0.150 e. The van der Waals surface area contributed by atoms with Crippen LogP contribution in [0.25, 0.3) is 0 Å². The molecule has 74 valence electrons. The minimum Gasteiger partial charge on any atom is -0.393 e. The van der Waals surface area contributed by atoms with E-state index in [2.05, 4.69) is 0 Å². The second-order valence-electron chi connectivity index (χ2n) is 3.24. The summed E-state index contributed by atoms with van der Waals surface area (Å²) in [6, 6.07) is 0. The quantitative estimate of drug-likeness (QED) is 0.705. The standard InChI is InChI=1S/C8H18O3S/c1-4-12(10,11)6-5-7(2)8(3)9/h7-9H,4-6H2,1-3H3. The molecule has 0 aliphatic rings. The summed E-state index contributed by atoms with van der Waals surface area (Å²) in [5.74, 6) is 0.445. The number of rotatable bonds is 5. The predicted molar refractivity (Wildman–Crippen MR) is 49.8 cm³/mol. The Morgan fingerprint density at radius 2 is 1.83 bits per heavy atom. The van der Waals surface area contributed by atoms with E-state index in [1.807, 2.05) is 6.92 Å². The summed E-state index contributed by atoms with van der Waals surface area (Å²) >= 11 is 0. The molecule has 3 nitrogen and oxygen atoms in total. The fourth-order valence-electron chi connectivity index (χ4n) is 0.751. The minimum absolute atomic E-state index is 0.0614. The normalized spacial score (nSPS) is 17.3. The van der Waals surface area contributed by atoms with E-state index in [0.29, 0.717) is 6.42 Å². The molecule has 0 heterocycles. The Morgan fingerprint density at radius 3 is 2.17 bits per heavy atom. The lowest BCUT2D eigenvalue weighted by Gasteiger charge is -2.13. The molecular weight excluding hydrogens is 176 g/mol. The number of aliphatic hydroxyl groups excluding tert-OH is 1. The Kier molecular flexibility index (Phi) is 4.78. The van der Waals surface area contributed by atoms with E-state index < -0.39 is 15.9 Å². The van der Waals surface area contributed by atoms with Crippen LogP contribution in [0.5, 0.6) is 0 Å². The molecule has 0 saturated carbocycles. The van der Waals surface area contributed by atoms with E-state index in [1.165, 1.54) is 0 Å². The molecule has 0 aromatic rings. The van der Waals surface area contributed by atoms with Crippen LogP contribution in [0.15, 0.2) is 0 Å². The SMILES string of the molecule is CCS(=O)(=O)CCC(C)C(C)O. The maximum absolute atomic E-state index is 11.0. The number of sulfone groups is 1. The fraction of sp³-hybridized carbons (Fsp3) is 1.00. The maximum atomic E-state index is 11.0. The van der Waals surface area contributed by atoms with Crippen molar-refractivity contribution in [3.05, 3.63) is 0 Å². The van der Waals surface area contributed by atoms with Gasteiger partial charge in [-0.2, -0.15) is 0 Å². The molecule has 0 amide bonds. The molecule has 0 aromatic heterocycles. The van der Waals surface area contributed by atoms with Gasteiger partial charge < -0.3 is 5.11 Å². The summed E-state index contributed by atoms with van der Waals surface area (Å²) in [4.78, 5) is 0. The first-order valence-electron chi connectivity index (χ1n) is 4.27. The van der Waals surface area contributed by atoms with E-state index >= 15 is 0 Å². The minimum atomic E-state index is -2.86. The van der Waals surface area contributed by atoms with Crippen LogP contribution >= 0.6 is 0 Å². The molecule has 4 heteroatoms. The fourth-order valence-corrected chi connectivity index (χ4v) is 1.77. The van der Waals surface area contributed by atoms with Crippen LogP contribution in [0.1, 0.15) is 27.2 Å². The molecule has 0 spiro atoms. The van der Waals surface area contributed by atoms with Crippen molar-refractivity contribution in [2.45, 2.75) is 33.3 Å². The molecule has 2 unspecified atom stereocenters. The van der Waals surface area contributed by atoms with Crippen molar-refractivity contribution in [1.82, 2.24) is 0 Å². The molecule has 2 atom stereocenters. The van der Waals surface area contributed by atoms with Crippen LogP contribution in [-0.4, -0.2) is 31.1 Å². The Hall–Kier alpha value is -0.0900. The summed E-state index contributed by atoms with van der Waals surface area (Å²) in [6.07, 6.45) is 0.130. The highest BCUT2D eigenvalue weighted by Crippen LogP contribution is 2.09. The Balaban J connectivity index is 3.84. The highest BCUT2D eigenvalue weighted by molar-refractivity contribution is 7.91. The second kappa shape index (κ2) is 4.82. The van der Waals surface area contributed by atoms with E-state index in [-0.39, 0.29) is 17.4 Å². The summed E-state index contributed by atoms with van der Waals surface area (Å²) in [7, 11) is -2.86. The van der Waals surface area contributed by atoms with Crippen LogP contribution in [-0.2, 0) is 9.84 Å². The van der Waals surface area contributed by atoms with Gasteiger partial charge in [-0.25, -0.2) is 8.42 Å². The van der Waals surface area contributed by atoms with Gasteiger partial charge in [-0.3, -0.25) is 0 Å². The molecule has 12 heavy (non-hydrogen) atoms. The number of hydrogen-bond donors (Lipinski definition) is 1. The molecule has 0 aliphatic heterocycles. The highest BCUT2D eigenvalue weighted by Gasteiger charge is 2.13. The molecular formula is C8H18O3S. The van der Waals surface area contributed by atoms with Crippen LogP contribution in [0.3, 0.4) is 0 Å². The molecule has 0 radical (unpaired) electrons. The molecule has 0 rings (SSSR count). The van der Waals surface area contributed by atoms with Crippen molar-refractivity contribution in [1.29, 1.82) is 0 Å². The van der Waals surface area contributed by atoms with Gasteiger partial charge in [0.05, 0.1) is 11.9 Å². The van der Waals surface area contributed by atoms with Gasteiger partial charge in [-0.1, -0.05) is 13.8 Å². The highest BCUT2D eigenvalue weighted by atomic mass is 32.2. The third-order valence-electron chi connectivity index (χ3n) is 2.15. The average Bonchev–Trinajstić information content (AvgIpc) is 2.00. The number of aliphatic hydroxyl groups is 1. The van der Waals surface area contributed by atoms with E-state index in [0.717, 1.165) is 0 Å².